The van der Waals surface area contributed by atoms with E-state index in [9.17, 15) is 10.2 Å². The fourth-order valence-corrected chi connectivity index (χ4v) is 5.86. The van der Waals surface area contributed by atoms with Gasteiger partial charge in [-0.05, 0) is 39.2 Å². The summed E-state index contributed by atoms with van der Waals surface area (Å²) in [5, 5.41) is 26.1. The van der Waals surface area contributed by atoms with Crippen molar-refractivity contribution in [3.05, 3.63) is 120 Å². The normalized spacial score (nSPS) is 23.9. The average Bonchev–Trinajstić information content (AvgIpc) is 3.50. The molecule has 2 saturated heterocycles. The van der Waals surface area contributed by atoms with E-state index in [0.29, 0.717) is 12.2 Å². The molecular formula is C31H25NO4. The predicted octanol–water partition coefficient (Wildman–Crippen LogP) is 6.57. The minimum absolute atomic E-state index is 0.0980. The summed E-state index contributed by atoms with van der Waals surface area (Å²) in [5.74, 6) is 0.363. The highest BCUT2D eigenvalue weighted by molar-refractivity contribution is 5.89. The van der Waals surface area contributed by atoms with Gasteiger partial charge in [-0.25, -0.2) is 4.90 Å². The molecule has 7 rings (SSSR count). The fourth-order valence-electron chi connectivity index (χ4n) is 5.86. The summed E-state index contributed by atoms with van der Waals surface area (Å²) in [6, 6.07) is 33.4. The Bertz CT molecular complexity index is 1580. The summed E-state index contributed by atoms with van der Waals surface area (Å²) in [4.78, 5) is 2.18. The highest BCUT2D eigenvalue weighted by Crippen LogP contribution is 2.55. The Kier molecular flexibility index (Phi) is 4.96. The maximum Gasteiger partial charge on any atom is 0.144 e. The van der Waals surface area contributed by atoms with E-state index in [1.807, 2.05) is 78.9 Å². The number of nitrogens with zero attached hydrogens (tertiary/aromatic N) is 1. The third-order valence-corrected chi connectivity index (χ3v) is 7.49. The molecule has 4 atom stereocenters. The molecule has 178 valence electrons. The highest BCUT2D eigenvalue weighted by Gasteiger charge is 2.53. The van der Waals surface area contributed by atoms with Crippen LogP contribution in [0.1, 0.15) is 35.3 Å². The molecule has 5 aromatic carbocycles. The number of phenols is 2. The lowest BCUT2D eigenvalue weighted by molar-refractivity contribution is -0.0767. The van der Waals surface area contributed by atoms with E-state index in [4.69, 9.17) is 9.47 Å². The van der Waals surface area contributed by atoms with Crippen LogP contribution in [0, 0.1) is 0 Å². The van der Waals surface area contributed by atoms with Crippen LogP contribution < -0.4 is 0 Å². The van der Waals surface area contributed by atoms with Gasteiger partial charge in [-0.15, -0.1) is 0 Å². The Morgan fingerprint density at radius 2 is 1.17 bits per heavy atom. The highest BCUT2D eigenvalue weighted by atomic mass is 16.6. The topological polar surface area (TPSA) is 62.2 Å². The molecule has 0 aliphatic carbocycles. The van der Waals surface area contributed by atoms with Crippen molar-refractivity contribution in [1.82, 2.24) is 4.90 Å². The van der Waals surface area contributed by atoms with Crippen molar-refractivity contribution in [3.63, 3.8) is 0 Å². The molecule has 0 saturated carbocycles. The monoisotopic (exact) mass is 475 g/mol. The van der Waals surface area contributed by atoms with Crippen LogP contribution in [0.4, 0.5) is 0 Å². The number of hydrogen-bond donors (Lipinski definition) is 2. The molecule has 0 unspecified atom stereocenters. The van der Waals surface area contributed by atoms with Crippen LogP contribution in [0.2, 0.25) is 0 Å². The van der Waals surface area contributed by atoms with Gasteiger partial charge in [0.2, 0.25) is 0 Å². The van der Waals surface area contributed by atoms with Crippen molar-refractivity contribution in [3.8, 4) is 11.5 Å². The molecule has 0 aromatic heterocycles. The van der Waals surface area contributed by atoms with Gasteiger partial charge in [0.05, 0.1) is 12.6 Å². The first-order valence-corrected chi connectivity index (χ1v) is 12.2. The molecule has 2 aliphatic heterocycles. The molecular weight excluding hydrogens is 450 g/mol. The van der Waals surface area contributed by atoms with Gasteiger partial charge >= 0.3 is 0 Å². The van der Waals surface area contributed by atoms with Crippen LogP contribution in [0.15, 0.2) is 103 Å². The van der Waals surface area contributed by atoms with Gasteiger partial charge in [0, 0.05) is 11.1 Å². The average molecular weight is 476 g/mol. The van der Waals surface area contributed by atoms with Crippen LogP contribution >= 0.6 is 0 Å². The second-order valence-electron chi connectivity index (χ2n) is 9.46. The molecule has 2 fully saturated rings. The molecule has 5 nitrogen and oxygen atoms in total. The SMILES string of the molecule is Oc1ccc2ccccc2c1[C@H]1OC[C@H]2[C@@H](c3ccccc3)O[C@@H](c3c(O)ccc4ccccc34)N12. The van der Waals surface area contributed by atoms with Gasteiger partial charge in [-0.3, -0.25) is 0 Å². The molecule has 2 N–H and O–H groups in total. The summed E-state index contributed by atoms with van der Waals surface area (Å²) in [6.07, 6.45) is -1.37. The van der Waals surface area contributed by atoms with Crippen LogP contribution in [0.5, 0.6) is 11.5 Å². The van der Waals surface area contributed by atoms with Crippen LogP contribution in [0.3, 0.4) is 0 Å². The van der Waals surface area contributed by atoms with Gasteiger partial charge in [0.15, 0.2) is 0 Å². The van der Waals surface area contributed by atoms with Crippen LogP contribution in [-0.4, -0.2) is 27.8 Å². The van der Waals surface area contributed by atoms with Crippen molar-refractivity contribution in [1.29, 1.82) is 0 Å². The Morgan fingerprint density at radius 1 is 0.611 bits per heavy atom. The quantitative estimate of drug-likeness (QED) is 0.309. The maximum atomic E-state index is 11.1. The van der Waals surface area contributed by atoms with Gasteiger partial charge < -0.3 is 19.7 Å². The van der Waals surface area contributed by atoms with E-state index in [1.165, 1.54) is 0 Å². The van der Waals surface area contributed by atoms with Gasteiger partial charge in [0.25, 0.3) is 0 Å². The summed E-state index contributed by atoms with van der Waals surface area (Å²) in [7, 11) is 0. The first kappa shape index (κ1) is 21.4. The molecule has 36 heavy (non-hydrogen) atoms. The lowest BCUT2D eigenvalue weighted by Gasteiger charge is -2.30. The lowest BCUT2D eigenvalue weighted by Crippen LogP contribution is -2.31. The molecule has 2 heterocycles. The van der Waals surface area contributed by atoms with Crippen molar-refractivity contribution in [2.24, 2.45) is 0 Å². The third kappa shape index (κ3) is 3.21. The number of aromatic hydroxyl groups is 2. The standard InChI is InChI=1S/C31H25NO4/c33-25-16-14-19-8-4-6-12-22(19)27(25)30-32-24(18-35-30)29(21-10-2-1-3-11-21)36-31(32)28-23-13-7-5-9-20(23)15-17-26(28)34/h1-17,24,29-31,33-34H,18H2/t24-,29+,30+,31-/m0/s1. The predicted molar refractivity (Wildman–Crippen MR) is 139 cm³/mol. The largest absolute Gasteiger partial charge is 0.507 e. The van der Waals surface area contributed by atoms with E-state index < -0.39 is 12.5 Å². The molecule has 0 amide bonds. The molecule has 5 heteroatoms. The summed E-state index contributed by atoms with van der Waals surface area (Å²) in [6.45, 7) is 0.439. The summed E-state index contributed by atoms with van der Waals surface area (Å²) in [5.41, 5.74) is 2.49. The zero-order valence-corrected chi connectivity index (χ0v) is 19.5. The number of fused-ring (bicyclic) bond motifs is 3. The molecule has 0 spiro atoms. The molecule has 2 aliphatic rings. The molecule has 5 aromatic rings. The Labute approximate surface area is 208 Å². The zero-order valence-electron chi connectivity index (χ0n) is 19.5. The second kappa shape index (κ2) is 8.35. The third-order valence-electron chi connectivity index (χ3n) is 7.49. The van der Waals surface area contributed by atoms with Crippen molar-refractivity contribution >= 4 is 21.5 Å². The van der Waals surface area contributed by atoms with E-state index in [0.717, 1.165) is 32.7 Å². The Morgan fingerprint density at radius 3 is 1.81 bits per heavy atom. The molecule has 0 bridgehead atoms. The Balaban J connectivity index is 1.44. The van der Waals surface area contributed by atoms with Crippen molar-refractivity contribution in [2.45, 2.75) is 24.6 Å². The first-order valence-electron chi connectivity index (χ1n) is 12.2. The second-order valence-corrected chi connectivity index (χ2v) is 9.46. The van der Waals surface area contributed by atoms with E-state index in [2.05, 4.69) is 17.0 Å². The van der Waals surface area contributed by atoms with Gasteiger partial charge in [0.1, 0.15) is 30.1 Å². The van der Waals surface area contributed by atoms with E-state index >= 15 is 0 Å². The van der Waals surface area contributed by atoms with Gasteiger partial charge in [-0.2, -0.15) is 0 Å². The van der Waals surface area contributed by atoms with Crippen molar-refractivity contribution < 1.29 is 19.7 Å². The fraction of sp³-hybridized carbons (Fsp3) is 0.161. The number of rotatable bonds is 3. The molecule has 0 radical (unpaired) electrons. The number of phenolic OH excluding ortho intramolecular Hbond substituents is 2. The van der Waals surface area contributed by atoms with Crippen LogP contribution in [-0.2, 0) is 9.47 Å². The summed E-state index contributed by atoms with van der Waals surface area (Å²) < 4.78 is 13.3. The summed E-state index contributed by atoms with van der Waals surface area (Å²) >= 11 is 0. The smallest absolute Gasteiger partial charge is 0.144 e. The number of ether oxygens (including phenoxy) is 2. The Hall–Kier alpha value is -3.90. The zero-order chi connectivity index (χ0) is 24.2. The maximum absolute atomic E-state index is 11.1. The number of benzene rings is 5. The lowest BCUT2D eigenvalue weighted by atomic mass is 9.98. The van der Waals surface area contributed by atoms with E-state index in [-0.39, 0.29) is 23.6 Å². The van der Waals surface area contributed by atoms with Crippen molar-refractivity contribution in [2.75, 3.05) is 6.61 Å². The minimum Gasteiger partial charge on any atom is -0.507 e. The number of hydrogen-bond acceptors (Lipinski definition) is 5. The van der Waals surface area contributed by atoms with Crippen LogP contribution in [0.25, 0.3) is 21.5 Å². The minimum atomic E-state index is -0.572. The first-order chi connectivity index (χ1) is 17.7. The van der Waals surface area contributed by atoms with E-state index in [1.54, 1.807) is 12.1 Å². The van der Waals surface area contributed by atoms with Gasteiger partial charge in [-0.1, -0.05) is 91.0 Å².